The van der Waals surface area contributed by atoms with Crippen molar-refractivity contribution < 1.29 is 0 Å². The van der Waals surface area contributed by atoms with Crippen molar-refractivity contribution in [1.82, 2.24) is 4.98 Å². The predicted molar refractivity (Wildman–Crippen MR) is 86.0 cm³/mol. The average molecular weight is 257 g/mol. The molecule has 4 rings (SSSR count). The van der Waals surface area contributed by atoms with Crippen LogP contribution in [0.15, 0.2) is 66.9 Å². The molecule has 0 saturated heterocycles. The van der Waals surface area contributed by atoms with E-state index in [1.807, 2.05) is 0 Å². The number of fused-ring (bicyclic) bond motifs is 2. The van der Waals surface area contributed by atoms with E-state index in [4.69, 9.17) is 0 Å². The molecule has 20 heavy (non-hydrogen) atoms. The fraction of sp³-hybridized carbons (Fsp3) is 0.0526. The lowest BCUT2D eigenvalue weighted by Gasteiger charge is -2.03. The monoisotopic (exact) mass is 257 g/mol. The number of para-hydroxylation sites is 1. The van der Waals surface area contributed by atoms with Crippen molar-refractivity contribution in [3.8, 4) is 11.1 Å². The molecule has 0 amide bonds. The molecule has 0 saturated carbocycles. The predicted octanol–water partition coefficient (Wildman–Crippen LogP) is 5.30. The van der Waals surface area contributed by atoms with Crippen molar-refractivity contribution >= 4 is 21.7 Å². The molecule has 0 fully saturated rings. The van der Waals surface area contributed by atoms with Gasteiger partial charge in [-0.1, -0.05) is 54.6 Å². The van der Waals surface area contributed by atoms with Crippen molar-refractivity contribution in [2.75, 3.05) is 0 Å². The second-order valence-corrected chi connectivity index (χ2v) is 5.26. The summed E-state index contributed by atoms with van der Waals surface area (Å²) in [6.07, 6.45) is 2.11. The van der Waals surface area contributed by atoms with Crippen LogP contribution in [0.2, 0.25) is 0 Å². The molecule has 0 aliphatic carbocycles. The molecule has 1 nitrogen and oxygen atoms in total. The van der Waals surface area contributed by atoms with E-state index in [2.05, 4.69) is 78.8 Å². The zero-order valence-corrected chi connectivity index (χ0v) is 11.4. The Hall–Kier alpha value is -2.54. The summed E-state index contributed by atoms with van der Waals surface area (Å²) < 4.78 is 0. The van der Waals surface area contributed by atoms with Crippen LogP contribution in [-0.4, -0.2) is 4.98 Å². The molecule has 0 aliphatic rings. The minimum absolute atomic E-state index is 1.23. The summed E-state index contributed by atoms with van der Waals surface area (Å²) in [5.41, 5.74) is 5.06. The highest BCUT2D eigenvalue weighted by Gasteiger charge is 2.07. The number of aromatic nitrogens is 1. The molecular formula is C19H15N. The normalized spacial score (nSPS) is 11.2. The molecule has 3 aromatic carbocycles. The Morgan fingerprint density at radius 1 is 0.800 bits per heavy atom. The Kier molecular flexibility index (Phi) is 2.40. The molecule has 0 radical (unpaired) electrons. The maximum absolute atomic E-state index is 3.40. The smallest absolute Gasteiger partial charge is 0.0490 e. The van der Waals surface area contributed by atoms with Crippen molar-refractivity contribution in [2.45, 2.75) is 6.92 Å². The van der Waals surface area contributed by atoms with Gasteiger partial charge in [0.25, 0.3) is 0 Å². The summed E-state index contributed by atoms with van der Waals surface area (Å²) >= 11 is 0. The summed E-state index contributed by atoms with van der Waals surface area (Å²) in [5.74, 6) is 0. The highest BCUT2D eigenvalue weighted by atomic mass is 14.7. The quantitative estimate of drug-likeness (QED) is 0.476. The number of H-pyrrole nitrogens is 1. The molecule has 0 spiro atoms. The van der Waals surface area contributed by atoms with E-state index in [1.54, 1.807) is 0 Å². The van der Waals surface area contributed by atoms with E-state index in [0.29, 0.717) is 0 Å². The molecule has 1 aromatic heterocycles. The number of aromatic amines is 1. The zero-order chi connectivity index (χ0) is 13.5. The number of rotatable bonds is 1. The second kappa shape index (κ2) is 4.24. The number of hydrogen-bond donors (Lipinski definition) is 1. The first-order chi connectivity index (χ1) is 9.83. The minimum atomic E-state index is 1.23. The first-order valence-corrected chi connectivity index (χ1v) is 6.89. The van der Waals surface area contributed by atoms with Crippen LogP contribution in [0, 0.1) is 6.92 Å². The lowest BCUT2D eigenvalue weighted by atomic mass is 10.00. The van der Waals surface area contributed by atoms with Gasteiger partial charge in [0.2, 0.25) is 0 Å². The van der Waals surface area contributed by atoms with E-state index in [0.717, 1.165) is 0 Å². The summed E-state index contributed by atoms with van der Waals surface area (Å²) in [5, 5.41) is 3.86. The van der Waals surface area contributed by atoms with Gasteiger partial charge in [-0.2, -0.15) is 0 Å². The van der Waals surface area contributed by atoms with Crippen LogP contribution in [0.3, 0.4) is 0 Å². The van der Waals surface area contributed by atoms with Gasteiger partial charge in [0.1, 0.15) is 0 Å². The van der Waals surface area contributed by atoms with Crippen molar-refractivity contribution in [3.63, 3.8) is 0 Å². The van der Waals surface area contributed by atoms with Gasteiger partial charge in [0.05, 0.1) is 0 Å². The van der Waals surface area contributed by atoms with Gasteiger partial charge in [-0.05, 0) is 34.9 Å². The van der Waals surface area contributed by atoms with Gasteiger partial charge in [-0.15, -0.1) is 0 Å². The van der Waals surface area contributed by atoms with Crippen LogP contribution in [0.1, 0.15) is 5.56 Å². The lowest BCUT2D eigenvalue weighted by molar-refractivity contribution is 1.42. The summed E-state index contributed by atoms with van der Waals surface area (Å²) in [6.45, 7) is 2.14. The van der Waals surface area contributed by atoms with Gasteiger partial charge in [0.15, 0.2) is 0 Å². The molecule has 0 bridgehead atoms. The Balaban J connectivity index is 1.99. The SMILES string of the molecule is Cc1cccc2c(-c3ccc4ccccc4c3)c[nH]c12. The van der Waals surface area contributed by atoms with Crippen molar-refractivity contribution in [1.29, 1.82) is 0 Å². The van der Waals surface area contributed by atoms with E-state index in [1.165, 1.54) is 38.4 Å². The third-order valence-corrected chi connectivity index (χ3v) is 3.98. The van der Waals surface area contributed by atoms with E-state index >= 15 is 0 Å². The molecule has 0 unspecified atom stereocenters. The number of aryl methyl sites for hydroxylation is 1. The third-order valence-electron chi connectivity index (χ3n) is 3.98. The van der Waals surface area contributed by atoms with Crippen molar-refractivity contribution in [2.24, 2.45) is 0 Å². The van der Waals surface area contributed by atoms with Crippen LogP contribution in [0.4, 0.5) is 0 Å². The largest absolute Gasteiger partial charge is 0.360 e. The average Bonchev–Trinajstić information content (AvgIpc) is 2.92. The highest BCUT2D eigenvalue weighted by Crippen LogP contribution is 2.31. The topological polar surface area (TPSA) is 15.8 Å². The van der Waals surface area contributed by atoms with Crippen LogP contribution >= 0.6 is 0 Å². The minimum Gasteiger partial charge on any atom is -0.360 e. The first kappa shape index (κ1) is 11.3. The maximum atomic E-state index is 3.40. The molecule has 0 aliphatic heterocycles. The zero-order valence-electron chi connectivity index (χ0n) is 11.4. The third kappa shape index (κ3) is 1.64. The Morgan fingerprint density at radius 3 is 2.55 bits per heavy atom. The van der Waals surface area contributed by atoms with Gasteiger partial charge in [-0.25, -0.2) is 0 Å². The van der Waals surface area contributed by atoms with Crippen LogP contribution in [0.5, 0.6) is 0 Å². The fourth-order valence-electron chi connectivity index (χ4n) is 2.90. The number of hydrogen-bond acceptors (Lipinski definition) is 0. The summed E-state index contributed by atoms with van der Waals surface area (Å²) in [6, 6.07) is 21.6. The number of nitrogens with one attached hydrogen (secondary N) is 1. The van der Waals surface area contributed by atoms with Crippen LogP contribution in [0.25, 0.3) is 32.8 Å². The maximum Gasteiger partial charge on any atom is 0.0490 e. The van der Waals surface area contributed by atoms with Crippen LogP contribution in [-0.2, 0) is 0 Å². The van der Waals surface area contributed by atoms with E-state index < -0.39 is 0 Å². The Labute approximate surface area is 117 Å². The fourth-order valence-corrected chi connectivity index (χ4v) is 2.90. The van der Waals surface area contributed by atoms with Gasteiger partial charge < -0.3 is 4.98 Å². The van der Waals surface area contributed by atoms with Crippen molar-refractivity contribution in [3.05, 3.63) is 72.4 Å². The molecule has 96 valence electrons. The highest BCUT2D eigenvalue weighted by molar-refractivity contribution is 5.99. The van der Waals surface area contributed by atoms with E-state index in [-0.39, 0.29) is 0 Å². The summed E-state index contributed by atoms with van der Waals surface area (Å²) in [7, 11) is 0. The molecular weight excluding hydrogens is 242 g/mol. The lowest BCUT2D eigenvalue weighted by Crippen LogP contribution is -1.78. The first-order valence-electron chi connectivity index (χ1n) is 6.89. The Bertz CT molecular complexity index is 915. The second-order valence-electron chi connectivity index (χ2n) is 5.26. The molecule has 1 heteroatoms. The van der Waals surface area contributed by atoms with Gasteiger partial charge >= 0.3 is 0 Å². The van der Waals surface area contributed by atoms with Gasteiger partial charge in [0, 0.05) is 22.7 Å². The molecule has 0 atom stereocenters. The molecule has 1 N–H and O–H groups in total. The molecule has 4 aromatic rings. The number of benzene rings is 3. The van der Waals surface area contributed by atoms with Crippen LogP contribution < -0.4 is 0 Å². The Morgan fingerprint density at radius 2 is 1.65 bits per heavy atom. The van der Waals surface area contributed by atoms with E-state index in [9.17, 15) is 0 Å². The summed E-state index contributed by atoms with van der Waals surface area (Å²) in [4.78, 5) is 3.40. The van der Waals surface area contributed by atoms with Gasteiger partial charge in [-0.3, -0.25) is 0 Å². The standard InChI is InChI=1S/C19H15N/c1-13-5-4-8-17-18(12-20-19(13)17)16-10-9-14-6-2-3-7-15(14)11-16/h2-12,20H,1H3. The molecule has 1 heterocycles.